The minimum absolute atomic E-state index is 0.195. The molecular weight excluding hydrogens is 356 g/mol. The van der Waals surface area contributed by atoms with Crippen LogP contribution in [0.3, 0.4) is 0 Å². The van der Waals surface area contributed by atoms with Crippen LogP contribution in [0, 0.1) is 0 Å². The Hall–Kier alpha value is -2.66. The van der Waals surface area contributed by atoms with Crippen LogP contribution in [-0.4, -0.2) is 17.6 Å². The lowest BCUT2D eigenvalue weighted by atomic mass is 9.90. The van der Waals surface area contributed by atoms with Gasteiger partial charge in [-0.05, 0) is 67.1 Å². The number of aromatic nitrogens is 1. The zero-order valence-corrected chi connectivity index (χ0v) is 16.2. The van der Waals surface area contributed by atoms with Crippen LogP contribution < -0.4 is 9.54 Å². The Morgan fingerprint density at radius 1 is 1.22 bits per heavy atom. The second-order valence-corrected chi connectivity index (χ2v) is 7.73. The van der Waals surface area contributed by atoms with Crippen LogP contribution in [0.1, 0.15) is 34.3 Å². The summed E-state index contributed by atoms with van der Waals surface area (Å²) in [7, 11) is 1.65. The van der Waals surface area contributed by atoms with Crippen LogP contribution in [0.5, 0.6) is 5.75 Å². The van der Waals surface area contributed by atoms with E-state index in [-0.39, 0.29) is 5.91 Å². The first-order valence-electron chi connectivity index (χ1n) is 9.19. The fraction of sp³-hybridized carbons (Fsp3) is 0.273. The van der Waals surface area contributed by atoms with E-state index in [1.165, 1.54) is 35.3 Å². The van der Waals surface area contributed by atoms with Gasteiger partial charge in [0, 0.05) is 12.1 Å². The molecule has 4 rings (SSSR count). The standard InChI is InChI=1S/C22H22N2O2S/c1-3-12-24-19-11-10-18(26-2)14-20(19)27-22(24)23-21(25)17-9-8-15-6-4-5-7-16(15)13-17/h3,8-11,13-14H,1,4-7,12H2,2H3. The van der Waals surface area contributed by atoms with Gasteiger partial charge in [0.25, 0.3) is 5.91 Å². The van der Waals surface area contributed by atoms with Crippen molar-refractivity contribution in [3.05, 3.63) is 70.5 Å². The Balaban J connectivity index is 1.78. The van der Waals surface area contributed by atoms with E-state index in [0.717, 1.165) is 28.8 Å². The number of methoxy groups -OCH3 is 1. The first kappa shape index (κ1) is 17.7. The zero-order valence-electron chi connectivity index (χ0n) is 15.4. The number of fused-ring (bicyclic) bond motifs is 2. The van der Waals surface area contributed by atoms with Crippen molar-refractivity contribution in [1.82, 2.24) is 4.57 Å². The highest BCUT2D eigenvalue weighted by Crippen LogP contribution is 2.24. The number of nitrogens with zero attached hydrogens (tertiary/aromatic N) is 2. The van der Waals surface area contributed by atoms with E-state index in [9.17, 15) is 4.79 Å². The number of hydrogen-bond donors (Lipinski definition) is 0. The molecule has 3 aromatic rings. The number of amides is 1. The third-order valence-corrected chi connectivity index (χ3v) is 6.04. The van der Waals surface area contributed by atoms with Crippen molar-refractivity contribution in [2.75, 3.05) is 7.11 Å². The van der Waals surface area contributed by atoms with Crippen molar-refractivity contribution in [2.45, 2.75) is 32.2 Å². The van der Waals surface area contributed by atoms with Gasteiger partial charge in [-0.3, -0.25) is 4.79 Å². The van der Waals surface area contributed by atoms with Crippen LogP contribution in [-0.2, 0) is 19.4 Å². The third kappa shape index (κ3) is 3.47. The Bertz CT molecular complexity index is 1090. The predicted molar refractivity (Wildman–Crippen MR) is 110 cm³/mol. The molecule has 0 atom stereocenters. The molecule has 0 N–H and O–H groups in total. The fourth-order valence-electron chi connectivity index (χ4n) is 3.59. The Labute approximate surface area is 162 Å². The summed E-state index contributed by atoms with van der Waals surface area (Å²) in [5, 5.41) is 0. The average molecular weight is 378 g/mol. The second kappa shape index (κ2) is 7.53. The molecule has 0 aliphatic heterocycles. The van der Waals surface area contributed by atoms with E-state index in [0.29, 0.717) is 16.9 Å². The maximum atomic E-state index is 12.8. The lowest BCUT2D eigenvalue weighted by Crippen LogP contribution is -2.16. The van der Waals surface area contributed by atoms with E-state index in [4.69, 9.17) is 4.74 Å². The molecule has 2 aromatic carbocycles. The number of carbonyl (C=O) groups is 1. The summed E-state index contributed by atoms with van der Waals surface area (Å²) in [5.74, 6) is 0.599. The molecule has 0 fully saturated rings. The van der Waals surface area contributed by atoms with Crippen molar-refractivity contribution < 1.29 is 9.53 Å². The van der Waals surface area contributed by atoms with Crippen LogP contribution in [0.15, 0.2) is 54.0 Å². The quantitative estimate of drug-likeness (QED) is 0.627. The van der Waals surface area contributed by atoms with Crippen LogP contribution in [0.25, 0.3) is 10.2 Å². The van der Waals surface area contributed by atoms with Crippen molar-refractivity contribution in [2.24, 2.45) is 4.99 Å². The van der Waals surface area contributed by atoms with Gasteiger partial charge in [-0.15, -0.1) is 6.58 Å². The second-order valence-electron chi connectivity index (χ2n) is 6.73. The van der Waals surface area contributed by atoms with E-state index < -0.39 is 0 Å². The molecule has 0 saturated carbocycles. The van der Waals surface area contributed by atoms with Gasteiger partial charge in [0.15, 0.2) is 4.80 Å². The molecular formula is C22H22N2O2S. The fourth-order valence-corrected chi connectivity index (χ4v) is 4.66. The van der Waals surface area contributed by atoms with Crippen LogP contribution in [0.4, 0.5) is 0 Å². The molecule has 1 aliphatic carbocycles. The maximum Gasteiger partial charge on any atom is 0.279 e. The number of carbonyl (C=O) groups excluding carboxylic acids is 1. The van der Waals surface area contributed by atoms with E-state index in [1.807, 2.05) is 41.0 Å². The van der Waals surface area contributed by atoms with Gasteiger partial charge < -0.3 is 9.30 Å². The molecule has 27 heavy (non-hydrogen) atoms. The summed E-state index contributed by atoms with van der Waals surface area (Å²) in [6.07, 6.45) is 6.41. The number of allylic oxidation sites excluding steroid dienone is 1. The third-order valence-electron chi connectivity index (χ3n) is 4.99. The molecule has 5 heteroatoms. The monoisotopic (exact) mass is 378 g/mol. The molecule has 0 bridgehead atoms. The molecule has 0 spiro atoms. The van der Waals surface area contributed by atoms with Crippen molar-refractivity contribution in [3.8, 4) is 5.75 Å². The molecule has 1 heterocycles. The van der Waals surface area contributed by atoms with E-state index >= 15 is 0 Å². The summed E-state index contributed by atoms with van der Waals surface area (Å²) in [5.41, 5.74) is 4.35. The molecule has 1 aromatic heterocycles. The number of benzene rings is 2. The zero-order chi connectivity index (χ0) is 18.8. The SMILES string of the molecule is C=CCn1c(=NC(=O)c2ccc3c(c2)CCCC3)sc2cc(OC)ccc21. The van der Waals surface area contributed by atoms with E-state index in [2.05, 4.69) is 17.6 Å². The molecule has 138 valence electrons. The maximum absolute atomic E-state index is 12.8. The van der Waals surface area contributed by atoms with Gasteiger partial charge in [0.2, 0.25) is 0 Å². The van der Waals surface area contributed by atoms with Gasteiger partial charge in [-0.25, -0.2) is 0 Å². The van der Waals surface area contributed by atoms with Crippen LogP contribution >= 0.6 is 11.3 Å². The lowest BCUT2D eigenvalue weighted by Gasteiger charge is -2.15. The molecule has 0 unspecified atom stereocenters. The highest BCUT2D eigenvalue weighted by atomic mass is 32.1. The average Bonchev–Trinajstić information content (AvgIpc) is 3.04. The van der Waals surface area contributed by atoms with Gasteiger partial charge in [-0.2, -0.15) is 4.99 Å². The van der Waals surface area contributed by atoms with Gasteiger partial charge >= 0.3 is 0 Å². The van der Waals surface area contributed by atoms with E-state index in [1.54, 1.807) is 7.11 Å². The summed E-state index contributed by atoms with van der Waals surface area (Å²) < 4.78 is 8.37. The Morgan fingerprint density at radius 3 is 2.81 bits per heavy atom. The highest BCUT2D eigenvalue weighted by molar-refractivity contribution is 7.16. The Kier molecular flexibility index (Phi) is 4.94. The summed E-state index contributed by atoms with van der Waals surface area (Å²) >= 11 is 1.49. The first-order chi connectivity index (χ1) is 13.2. The number of aryl methyl sites for hydroxylation is 2. The summed E-state index contributed by atoms with van der Waals surface area (Å²) in [4.78, 5) is 18.0. The number of hydrogen-bond acceptors (Lipinski definition) is 3. The first-order valence-corrected chi connectivity index (χ1v) is 10.0. The van der Waals surface area contributed by atoms with Crippen molar-refractivity contribution in [3.63, 3.8) is 0 Å². The topological polar surface area (TPSA) is 43.6 Å². The number of rotatable bonds is 4. The minimum Gasteiger partial charge on any atom is -0.497 e. The number of ether oxygens (including phenoxy) is 1. The van der Waals surface area contributed by atoms with Crippen molar-refractivity contribution >= 4 is 27.5 Å². The summed E-state index contributed by atoms with van der Waals surface area (Å²) in [6, 6.07) is 11.9. The number of thiazole rings is 1. The van der Waals surface area contributed by atoms with Gasteiger partial charge in [0.1, 0.15) is 5.75 Å². The molecule has 0 saturated heterocycles. The largest absolute Gasteiger partial charge is 0.497 e. The van der Waals surface area contributed by atoms with Crippen molar-refractivity contribution in [1.29, 1.82) is 0 Å². The molecule has 1 amide bonds. The van der Waals surface area contributed by atoms with Gasteiger partial charge in [0.05, 0.1) is 17.3 Å². The molecule has 4 nitrogen and oxygen atoms in total. The predicted octanol–water partition coefficient (Wildman–Crippen LogP) is 4.52. The summed E-state index contributed by atoms with van der Waals surface area (Å²) in [6.45, 7) is 4.44. The lowest BCUT2D eigenvalue weighted by molar-refractivity contribution is 0.0997. The highest BCUT2D eigenvalue weighted by Gasteiger charge is 2.13. The normalized spacial score (nSPS) is 14.2. The molecule has 1 aliphatic rings. The molecule has 0 radical (unpaired) electrons. The Morgan fingerprint density at radius 2 is 2.04 bits per heavy atom. The smallest absolute Gasteiger partial charge is 0.279 e. The van der Waals surface area contributed by atoms with Gasteiger partial charge in [-0.1, -0.05) is 23.5 Å². The minimum atomic E-state index is -0.195. The van der Waals surface area contributed by atoms with Crippen LogP contribution in [0.2, 0.25) is 0 Å².